The first-order valence-corrected chi connectivity index (χ1v) is 6.81. The van der Waals surface area contributed by atoms with E-state index in [9.17, 15) is 14.4 Å². The van der Waals surface area contributed by atoms with Crippen molar-refractivity contribution in [3.05, 3.63) is 34.9 Å². The summed E-state index contributed by atoms with van der Waals surface area (Å²) < 4.78 is 4.98. The van der Waals surface area contributed by atoms with Crippen LogP contribution in [0.5, 0.6) is 0 Å². The molecule has 0 rings (SSSR count). The van der Waals surface area contributed by atoms with Crippen LogP contribution in [0.15, 0.2) is 34.9 Å². The van der Waals surface area contributed by atoms with Gasteiger partial charge < -0.3 is 14.9 Å². The fourth-order valence-electron chi connectivity index (χ4n) is 1.52. The second-order valence-electron chi connectivity index (χ2n) is 4.97. The van der Waals surface area contributed by atoms with Crippen molar-refractivity contribution in [1.29, 1.82) is 0 Å². The molecule has 0 aliphatic rings. The number of carboxylic acids is 2. The Balaban J connectivity index is 4.71. The minimum Gasteiger partial charge on any atom is -0.478 e. The largest absolute Gasteiger partial charge is 0.478 e. The maximum absolute atomic E-state index is 11.4. The van der Waals surface area contributed by atoms with Crippen molar-refractivity contribution < 1.29 is 29.3 Å². The van der Waals surface area contributed by atoms with Crippen molar-refractivity contribution in [2.75, 3.05) is 6.61 Å². The minimum atomic E-state index is -1.07. The molecule has 122 valence electrons. The van der Waals surface area contributed by atoms with E-state index in [0.717, 1.165) is 0 Å². The number of carbonyl (C=O) groups excluding carboxylic acids is 1. The van der Waals surface area contributed by atoms with E-state index >= 15 is 0 Å². The zero-order valence-corrected chi connectivity index (χ0v) is 13.1. The highest BCUT2D eigenvalue weighted by Crippen LogP contribution is 2.15. The molecule has 2 N–H and O–H groups in total. The van der Waals surface area contributed by atoms with Crippen molar-refractivity contribution >= 4 is 17.9 Å². The molecule has 0 bridgehead atoms. The number of hydrogen-bond donors (Lipinski definition) is 2. The molecule has 0 saturated carbocycles. The van der Waals surface area contributed by atoms with Gasteiger partial charge in [0.2, 0.25) is 0 Å². The number of carbonyl (C=O) groups is 3. The Hall–Kier alpha value is -2.37. The summed E-state index contributed by atoms with van der Waals surface area (Å²) >= 11 is 0. The third-order valence-electron chi connectivity index (χ3n) is 3.05. The highest BCUT2D eigenvalue weighted by molar-refractivity contribution is 5.88. The topological polar surface area (TPSA) is 101 Å². The number of hydrogen-bond acceptors (Lipinski definition) is 4. The second-order valence-corrected chi connectivity index (χ2v) is 4.97. The number of unbranched alkanes of at least 4 members (excludes halogenated alkanes) is 1. The smallest absolute Gasteiger partial charge is 0.333 e. The summed E-state index contributed by atoms with van der Waals surface area (Å²) in [6, 6.07) is 0. The summed E-state index contributed by atoms with van der Waals surface area (Å²) in [5.74, 6) is -2.62. The van der Waals surface area contributed by atoms with E-state index in [1.165, 1.54) is 20.8 Å². The highest BCUT2D eigenvalue weighted by Gasteiger charge is 2.12. The van der Waals surface area contributed by atoms with Crippen molar-refractivity contribution in [2.24, 2.45) is 0 Å². The van der Waals surface area contributed by atoms with Gasteiger partial charge >= 0.3 is 17.9 Å². The zero-order chi connectivity index (χ0) is 17.3. The molecule has 0 aliphatic carbocycles. The zero-order valence-electron chi connectivity index (χ0n) is 13.1. The van der Waals surface area contributed by atoms with Gasteiger partial charge in [0.15, 0.2) is 0 Å². The molecule has 0 heterocycles. The van der Waals surface area contributed by atoms with E-state index < -0.39 is 17.9 Å². The van der Waals surface area contributed by atoms with Crippen molar-refractivity contribution in [1.82, 2.24) is 0 Å². The van der Waals surface area contributed by atoms with Crippen molar-refractivity contribution in [3.63, 3.8) is 0 Å². The predicted molar refractivity (Wildman–Crippen MR) is 81.4 cm³/mol. The predicted octanol–water partition coefficient (Wildman–Crippen LogP) is 2.71. The Kier molecular flexibility index (Phi) is 8.52. The average molecular weight is 310 g/mol. The molecule has 0 unspecified atom stereocenters. The van der Waals surface area contributed by atoms with E-state index in [1.54, 1.807) is 6.08 Å². The first-order valence-electron chi connectivity index (χ1n) is 6.81. The molecule has 0 spiro atoms. The molecule has 0 aromatic rings. The Labute approximate surface area is 129 Å². The summed E-state index contributed by atoms with van der Waals surface area (Å²) in [6.45, 7) is 7.80. The number of carboxylic acid groups (broad SMARTS) is 2. The first kappa shape index (κ1) is 19.6. The minimum absolute atomic E-state index is 0.106. The van der Waals surface area contributed by atoms with Gasteiger partial charge in [-0.2, -0.15) is 0 Å². The molecule has 0 aromatic carbocycles. The van der Waals surface area contributed by atoms with Gasteiger partial charge in [0.25, 0.3) is 0 Å². The third-order valence-corrected chi connectivity index (χ3v) is 3.05. The van der Waals surface area contributed by atoms with E-state index in [4.69, 9.17) is 14.9 Å². The van der Waals surface area contributed by atoms with Crippen LogP contribution in [0.4, 0.5) is 0 Å². The Bertz CT molecular complexity index is 525. The van der Waals surface area contributed by atoms with Crippen LogP contribution in [0.2, 0.25) is 0 Å². The standard InChI is InChI=1S/C16H22O6/c1-10(2)16(21)22-9-13(12(4)15(19)20)8-6-5-7-11(3)14(17)18/h7H,1,5-6,8-9H2,2-4H3,(H,17,18)(H,19,20)/b11-7+,13-12-. The third kappa shape index (κ3) is 7.42. The molecular formula is C16H22O6. The van der Waals surface area contributed by atoms with E-state index in [2.05, 4.69) is 6.58 Å². The molecule has 0 saturated heterocycles. The summed E-state index contributed by atoms with van der Waals surface area (Å²) in [6.07, 6.45) is 3.05. The molecule has 0 fully saturated rings. The van der Waals surface area contributed by atoms with Gasteiger partial charge in [0.1, 0.15) is 6.61 Å². The molecule has 6 heteroatoms. The quantitative estimate of drug-likeness (QED) is 0.386. The van der Waals surface area contributed by atoms with Crippen LogP contribution in [0.1, 0.15) is 40.0 Å². The van der Waals surface area contributed by atoms with Crippen LogP contribution in [0.25, 0.3) is 0 Å². The van der Waals surface area contributed by atoms with E-state index in [-0.39, 0.29) is 23.3 Å². The maximum atomic E-state index is 11.4. The summed E-state index contributed by atoms with van der Waals surface area (Å²) in [5, 5.41) is 17.8. The van der Waals surface area contributed by atoms with Gasteiger partial charge in [-0.15, -0.1) is 0 Å². The monoisotopic (exact) mass is 310 g/mol. The van der Waals surface area contributed by atoms with Gasteiger partial charge in [-0.25, -0.2) is 14.4 Å². The van der Waals surface area contributed by atoms with Crippen LogP contribution in [-0.2, 0) is 19.1 Å². The molecule has 6 nitrogen and oxygen atoms in total. The summed E-state index contributed by atoms with van der Waals surface area (Å²) in [4.78, 5) is 33.1. The molecule has 22 heavy (non-hydrogen) atoms. The lowest BCUT2D eigenvalue weighted by Gasteiger charge is -2.11. The molecule has 0 aliphatic heterocycles. The first-order chi connectivity index (χ1) is 10.2. The van der Waals surface area contributed by atoms with Crippen LogP contribution in [-0.4, -0.2) is 34.7 Å². The fourth-order valence-corrected chi connectivity index (χ4v) is 1.52. The van der Waals surface area contributed by atoms with Crippen LogP contribution in [0.3, 0.4) is 0 Å². The lowest BCUT2D eigenvalue weighted by atomic mass is 10.0. The molecular weight excluding hydrogens is 288 g/mol. The van der Waals surface area contributed by atoms with Crippen LogP contribution >= 0.6 is 0 Å². The maximum Gasteiger partial charge on any atom is 0.333 e. The Morgan fingerprint density at radius 3 is 2.14 bits per heavy atom. The Morgan fingerprint density at radius 1 is 1.09 bits per heavy atom. The van der Waals surface area contributed by atoms with Gasteiger partial charge in [-0.1, -0.05) is 12.7 Å². The van der Waals surface area contributed by atoms with Gasteiger partial charge in [-0.05, 0) is 45.6 Å². The SMILES string of the molecule is C=C(C)C(=O)OC/C(CCC/C=C(\C)C(=O)O)=C(/C)C(=O)O. The van der Waals surface area contributed by atoms with Crippen molar-refractivity contribution in [2.45, 2.75) is 40.0 Å². The van der Waals surface area contributed by atoms with E-state index in [0.29, 0.717) is 24.8 Å². The highest BCUT2D eigenvalue weighted by atomic mass is 16.5. The summed E-state index contributed by atoms with van der Waals surface area (Å²) in [7, 11) is 0. The number of allylic oxidation sites excluding steroid dienone is 1. The lowest BCUT2D eigenvalue weighted by molar-refractivity contribution is -0.138. The number of aliphatic carboxylic acids is 2. The van der Waals surface area contributed by atoms with Crippen molar-refractivity contribution in [3.8, 4) is 0 Å². The normalized spacial score (nSPS) is 12.4. The number of esters is 1. The number of rotatable bonds is 9. The van der Waals surface area contributed by atoms with Gasteiger partial charge in [0.05, 0.1) is 0 Å². The lowest BCUT2D eigenvalue weighted by Crippen LogP contribution is -2.11. The molecule has 0 aromatic heterocycles. The Morgan fingerprint density at radius 2 is 1.68 bits per heavy atom. The molecule has 0 radical (unpaired) electrons. The molecule has 0 amide bonds. The van der Waals surface area contributed by atoms with Crippen LogP contribution in [0, 0.1) is 0 Å². The fraction of sp³-hybridized carbons (Fsp3) is 0.438. The van der Waals surface area contributed by atoms with Gasteiger partial charge in [0, 0.05) is 16.7 Å². The summed E-state index contributed by atoms with van der Waals surface area (Å²) in [5.41, 5.74) is 1.12. The van der Waals surface area contributed by atoms with Gasteiger partial charge in [-0.3, -0.25) is 0 Å². The number of ether oxygens (including phenoxy) is 1. The van der Waals surface area contributed by atoms with Crippen LogP contribution < -0.4 is 0 Å². The van der Waals surface area contributed by atoms with E-state index in [1.807, 2.05) is 0 Å². The average Bonchev–Trinajstić information content (AvgIpc) is 2.44. The second kappa shape index (κ2) is 9.55. The molecule has 0 atom stereocenters.